The van der Waals surface area contributed by atoms with Gasteiger partial charge in [0.1, 0.15) is 0 Å². The van der Waals surface area contributed by atoms with Crippen LogP contribution in [0.4, 0.5) is 0 Å². The van der Waals surface area contributed by atoms with Crippen molar-refractivity contribution in [3.05, 3.63) is 74.1 Å². The van der Waals surface area contributed by atoms with Crippen LogP contribution in [0.3, 0.4) is 0 Å². The second kappa shape index (κ2) is 7.68. The summed E-state index contributed by atoms with van der Waals surface area (Å²) in [5, 5.41) is 9.81. The van der Waals surface area contributed by atoms with Gasteiger partial charge in [-0.05, 0) is 30.7 Å². The van der Waals surface area contributed by atoms with Gasteiger partial charge in [-0.25, -0.2) is 10.1 Å². The first-order chi connectivity index (χ1) is 12.5. The number of amides is 1. The molecule has 0 atom stereocenters. The van der Waals surface area contributed by atoms with E-state index in [0.29, 0.717) is 32.9 Å². The van der Waals surface area contributed by atoms with E-state index in [2.05, 4.69) is 15.6 Å². The lowest BCUT2D eigenvalue weighted by Gasteiger charge is -2.08. The highest BCUT2D eigenvalue weighted by Crippen LogP contribution is 2.21. The maximum Gasteiger partial charge on any atom is 0.292 e. The second-order valence-electron chi connectivity index (χ2n) is 5.39. The van der Waals surface area contributed by atoms with E-state index in [-0.39, 0.29) is 11.3 Å². The zero-order valence-electron chi connectivity index (χ0n) is 13.7. The third-order valence-electron chi connectivity index (χ3n) is 3.71. The van der Waals surface area contributed by atoms with Crippen LogP contribution in [-0.2, 0) is 6.54 Å². The number of benzene rings is 2. The number of nitrogens with zero attached hydrogens (tertiary/aromatic N) is 3. The number of hydrogen-bond donors (Lipinski definition) is 1. The molecule has 0 spiro atoms. The molecule has 2 aromatic carbocycles. The van der Waals surface area contributed by atoms with Crippen LogP contribution in [0.25, 0.3) is 10.8 Å². The Labute approximate surface area is 159 Å². The average molecular weight is 389 g/mol. The number of hydrazone groups is 1. The summed E-state index contributed by atoms with van der Waals surface area (Å²) in [5.41, 5.74) is 2.99. The number of halogens is 2. The van der Waals surface area contributed by atoms with E-state index >= 15 is 0 Å². The molecular formula is C18H14Cl2N4O2. The molecule has 8 heteroatoms. The Morgan fingerprint density at radius 3 is 2.62 bits per heavy atom. The summed E-state index contributed by atoms with van der Waals surface area (Å²) >= 11 is 11.8. The molecule has 1 aromatic heterocycles. The van der Waals surface area contributed by atoms with Crippen LogP contribution >= 0.6 is 23.2 Å². The summed E-state index contributed by atoms with van der Waals surface area (Å²) in [7, 11) is 0. The van der Waals surface area contributed by atoms with Crippen molar-refractivity contribution in [1.29, 1.82) is 0 Å². The fraction of sp³-hybridized carbons (Fsp3) is 0.111. The van der Waals surface area contributed by atoms with Crippen molar-refractivity contribution >= 4 is 46.1 Å². The molecule has 0 aliphatic heterocycles. The Balaban J connectivity index is 1.90. The minimum atomic E-state index is -0.514. The third kappa shape index (κ3) is 3.61. The molecule has 0 aliphatic rings. The van der Waals surface area contributed by atoms with Crippen LogP contribution in [0.5, 0.6) is 0 Å². The molecule has 132 valence electrons. The number of carbonyl (C=O) groups is 1. The summed E-state index contributed by atoms with van der Waals surface area (Å²) in [6.07, 6.45) is 1.44. The van der Waals surface area contributed by atoms with Gasteiger partial charge in [0.15, 0.2) is 5.69 Å². The molecule has 0 saturated heterocycles. The number of aromatic nitrogens is 2. The molecule has 1 heterocycles. The first-order valence-corrected chi connectivity index (χ1v) is 8.55. The summed E-state index contributed by atoms with van der Waals surface area (Å²) < 4.78 is 1.25. The van der Waals surface area contributed by atoms with Crippen molar-refractivity contribution in [2.75, 3.05) is 0 Å². The lowest BCUT2D eigenvalue weighted by molar-refractivity contribution is 0.0949. The Bertz CT molecular complexity index is 1080. The maximum atomic E-state index is 12.5. The molecule has 0 fully saturated rings. The molecule has 1 N–H and O–H groups in total. The van der Waals surface area contributed by atoms with Crippen molar-refractivity contribution in [3.8, 4) is 0 Å². The van der Waals surface area contributed by atoms with Gasteiger partial charge in [-0.15, -0.1) is 0 Å². The van der Waals surface area contributed by atoms with Gasteiger partial charge in [-0.1, -0.05) is 47.5 Å². The number of nitrogens with one attached hydrogen (secondary N) is 1. The van der Waals surface area contributed by atoms with Crippen LogP contribution in [0.15, 0.2) is 52.4 Å². The molecule has 0 saturated carbocycles. The number of hydrogen-bond acceptors (Lipinski definition) is 4. The van der Waals surface area contributed by atoms with Gasteiger partial charge >= 0.3 is 0 Å². The second-order valence-corrected chi connectivity index (χ2v) is 6.20. The van der Waals surface area contributed by atoms with Crippen LogP contribution in [-0.4, -0.2) is 21.9 Å². The standard InChI is InChI=1S/C18H14Cl2N4O2/c1-2-24-18(26)13-6-4-3-5-12(13)16(23-24)17(25)22-21-10-11-7-8-14(19)15(20)9-11/h3-10H,2H2,1H3,(H,22,25)/b21-10+. The molecule has 3 rings (SSSR count). The van der Waals surface area contributed by atoms with Gasteiger partial charge in [0, 0.05) is 11.9 Å². The highest BCUT2D eigenvalue weighted by atomic mass is 35.5. The quantitative estimate of drug-likeness (QED) is 0.548. The van der Waals surface area contributed by atoms with Crippen LogP contribution in [0, 0.1) is 0 Å². The zero-order chi connectivity index (χ0) is 18.7. The first-order valence-electron chi connectivity index (χ1n) is 7.79. The van der Waals surface area contributed by atoms with E-state index in [1.54, 1.807) is 49.4 Å². The van der Waals surface area contributed by atoms with Crippen molar-refractivity contribution in [1.82, 2.24) is 15.2 Å². The van der Waals surface area contributed by atoms with E-state index < -0.39 is 5.91 Å². The normalized spacial score (nSPS) is 11.2. The number of fused-ring (bicyclic) bond motifs is 1. The predicted molar refractivity (Wildman–Crippen MR) is 103 cm³/mol. The van der Waals surface area contributed by atoms with Gasteiger partial charge in [-0.2, -0.15) is 10.2 Å². The Kier molecular flexibility index (Phi) is 5.35. The van der Waals surface area contributed by atoms with Crippen molar-refractivity contribution < 1.29 is 4.79 Å². The van der Waals surface area contributed by atoms with Gasteiger partial charge < -0.3 is 0 Å². The van der Waals surface area contributed by atoms with E-state index in [0.717, 1.165) is 0 Å². The fourth-order valence-corrected chi connectivity index (χ4v) is 2.73. The van der Waals surface area contributed by atoms with Gasteiger partial charge in [0.2, 0.25) is 0 Å². The van der Waals surface area contributed by atoms with Gasteiger partial charge in [0.05, 0.1) is 21.6 Å². The van der Waals surface area contributed by atoms with Crippen LogP contribution in [0.1, 0.15) is 23.0 Å². The lowest BCUT2D eigenvalue weighted by atomic mass is 10.1. The van der Waals surface area contributed by atoms with E-state index in [1.165, 1.54) is 10.9 Å². The molecule has 26 heavy (non-hydrogen) atoms. The third-order valence-corrected chi connectivity index (χ3v) is 4.44. The van der Waals surface area contributed by atoms with Gasteiger partial charge in [0.25, 0.3) is 11.5 Å². The molecule has 6 nitrogen and oxygen atoms in total. The number of rotatable bonds is 4. The average Bonchev–Trinajstić information content (AvgIpc) is 2.65. The fourth-order valence-electron chi connectivity index (χ4n) is 2.43. The van der Waals surface area contributed by atoms with Crippen molar-refractivity contribution in [2.24, 2.45) is 5.10 Å². The zero-order valence-corrected chi connectivity index (χ0v) is 15.3. The van der Waals surface area contributed by atoms with Gasteiger partial charge in [-0.3, -0.25) is 9.59 Å². The topological polar surface area (TPSA) is 76.3 Å². The minimum absolute atomic E-state index is 0.133. The largest absolute Gasteiger partial charge is 0.292 e. The molecule has 3 aromatic rings. The Hall–Kier alpha value is -2.70. The monoisotopic (exact) mass is 388 g/mol. The molecule has 0 aliphatic carbocycles. The van der Waals surface area contributed by atoms with Crippen molar-refractivity contribution in [2.45, 2.75) is 13.5 Å². The molecule has 0 radical (unpaired) electrons. The number of aryl methyl sites for hydroxylation is 1. The molecule has 0 unspecified atom stereocenters. The lowest BCUT2D eigenvalue weighted by Crippen LogP contribution is -2.28. The Morgan fingerprint density at radius 1 is 1.19 bits per heavy atom. The highest BCUT2D eigenvalue weighted by molar-refractivity contribution is 6.42. The van der Waals surface area contributed by atoms with Crippen LogP contribution in [0.2, 0.25) is 10.0 Å². The van der Waals surface area contributed by atoms with E-state index in [4.69, 9.17) is 23.2 Å². The first kappa shape index (κ1) is 18.1. The summed E-state index contributed by atoms with van der Waals surface area (Å²) in [4.78, 5) is 24.8. The summed E-state index contributed by atoms with van der Waals surface area (Å²) in [6.45, 7) is 2.14. The predicted octanol–water partition coefficient (Wildman–Crippen LogP) is 3.49. The summed E-state index contributed by atoms with van der Waals surface area (Å²) in [5.74, 6) is -0.514. The summed E-state index contributed by atoms with van der Waals surface area (Å²) in [6, 6.07) is 11.8. The van der Waals surface area contributed by atoms with Crippen LogP contribution < -0.4 is 11.0 Å². The van der Waals surface area contributed by atoms with E-state index in [1.807, 2.05) is 0 Å². The van der Waals surface area contributed by atoms with Crippen molar-refractivity contribution in [3.63, 3.8) is 0 Å². The maximum absolute atomic E-state index is 12.5. The molecule has 0 bridgehead atoms. The molecular weight excluding hydrogens is 375 g/mol. The highest BCUT2D eigenvalue weighted by Gasteiger charge is 2.15. The number of carbonyl (C=O) groups excluding carboxylic acids is 1. The SMILES string of the molecule is CCn1nc(C(=O)N/N=C/c2ccc(Cl)c(Cl)c2)c2ccccc2c1=O. The molecule has 1 amide bonds. The van der Waals surface area contributed by atoms with E-state index in [9.17, 15) is 9.59 Å². The Morgan fingerprint density at radius 2 is 1.92 bits per heavy atom. The smallest absolute Gasteiger partial charge is 0.267 e. The minimum Gasteiger partial charge on any atom is -0.267 e.